The topological polar surface area (TPSA) is 29.3 Å². The van der Waals surface area contributed by atoms with Crippen molar-refractivity contribution in [1.82, 2.24) is 4.90 Å². The van der Waals surface area contributed by atoms with Gasteiger partial charge in [-0.2, -0.15) is 0 Å². The Morgan fingerprint density at radius 3 is 2.81 bits per heavy atom. The van der Waals surface area contributed by atoms with Crippen LogP contribution in [-0.4, -0.2) is 24.5 Å². The SMILES string of the molecule is C=C(N)CN1CCC(CCCCC(C)C)C1. The van der Waals surface area contributed by atoms with E-state index in [0.29, 0.717) is 0 Å². The number of hydrogen-bond donors (Lipinski definition) is 1. The Morgan fingerprint density at radius 2 is 2.19 bits per heavy atom. The lowest BCUT2D eigenvalue weighted by Gasteiger charge is -2.15. The fourth-order valence-corrected chi connectivity index (χ4v) is 2.56. The van der Waals surface area contributed by atoms with Gasteiger partial charge >= 0.3 is 0 Å². The summed E-state index contributed by atoms with van der Waals surface area (Å²) in [6, 6.07) is 0. The van der Waals surface area contributed by atoms with Crippen molar-refractivity contribution >= 4 is 0 Å². The van der Waals surface area contributed by atoms with Crippen LogP contribution in [0.3, 0.4) is 0 Å². The van der Waals surface area contributed by atoms with Crippen LogP contribution in [0.1, 0.15) is 46.0 Å². The van der Waals surface area contributed by atoms with E-state index in [9.17, 15) is 0 Å². The largest absolute Gasteiger partial charge is 0.401 e. The van der Waals surface area contributed by atoms with Gasteiger partial charge in [0.25, 0.3) is 0 Å². The molecule has 16 heavy (non-hydrogen) atoms. The molecule has 1 atom stereocenters. The monoisotopic (exact) mass is 224 g/mol. The van der Waals surface area contributed by atoms with E-state index < -0.39 is 0 Å². The van der Waals surface area contributed by atoms with E-state index in [2.05, 4.69) is 25.3 Å². The van der Waals surface area contributed by atoms with Gasteiger partial charge in [0, 0.05) is 18.8 Å². The summed E-state index contributed by atoms with van der Waals surface area (Å²) >= 11 is 0. The molecule has 0 aliphatic carbocycles. The van der Waals surface area contributed by atoms with E-state index in [4.69, 9.17) is 5.73 Å². The Bertz CT molecular complexity index is 211. The van der Waals surface area contributed by atoms with Crippen molar-refractivity contribution in [3.05, 3.63) is 12.3 Å². The first-order valence-corrected chi connectivity index (χ1v) is 6.73. The molecule has 0 amide bonds. The summed E-state index contributed by atoms with van der Waals surface area (Å²) in [5, 5.41) is 0. The predicted octanol–water partition coefficient (Wildman–Crippen LogP) is 3.00. The molecular weight excluding hydrogens is 196 g/mol. The minimum atomic E-state index is 0.806. The zero-order valence-electron chi connectivity index (χ0n) is 11.0. The summed E-state index contributed by atoms with van der Waals surface area (Å²) in [6.07, 6.45) is 6.95. The first-order valence-electron chi connectivity index (χ1n) is 6.73. The number of unbranched alkanes of at least 4 members (excludes halogenated alkanes) is 1. The Hall–Kier alpha value is -0.500. The van der Waals surface area contributed by atoms with Gasteiger partial charge in [-0.3, -0.25) is 4.90 Å². The van der Waals surface area contributed by atoms with Crippen molar-refractivity contribution < 1.29 is 0 Å². The fourth-order valence-electron chi connectivity index (χ4n) is 2.56. The number of nitrogens with two attached hydrogens (primary N) is 1. The summed E-state index contributed by atoms with van der Waals surface area (Å²) in [5.74, 6) is 1.77. The first kappa shape index (κ1) is 13.6. The zero-order valence-corrected chi connectivity index (χ0v) is 11.0. The van der Waals surface area contributed by atoms with Gasteiger partial charge in [-0.15, -0.1) is 0 Å². The number of nitrogens with zero attached hydrogens (tertiary/aromatic N) is 1. The Morgan fingerprint density at radius 1 is 1.44 bits per heavy atom. The van der Waals surface area contributed by atoms with Crippen LogP contribution in [0.2, 0.25) is 0 Å². The second kappa shape index (κ2) is 6.95. The molecule has 1 aliphatic heterocycles. The molecule has 1 saturated heterocycles. The number of hydrogen-bond acceptors (Lipinski definition) is 2. The van der Waals surface area contributed by atoms with Crippen LogP contribution < -0.4 is 5.73 Å². The van der Waals surface area contributed by atoms with Gasteiger partial charge in [-0.1, -0.05) is 39.7 Å². The average Bonchev–Trinajstić information content (AvgIpc) is 2.59. The minimum absolute atomic E-state index is 0.806. The molecular formula is C14H28N2. The van der Waals surface area contributed by atoms with Gasteiger partial charge in [0.15, 0.2) is 0 Å². The van der Waals surface area contributed by atoms with E-state index in [-0.39, 0.29) is 0 Å². The van der Waals surface area contributed by atoms with E-state index in [1.165, 1.54) is 45.2 Å². The fraction of sp³-hybridized carbons (Fsp3) is 0.857. The van der Waals surface area contributed by atoms with Crippen LogP contribution in [-0.2, 0) is 0 Å². The molecule has 0 aromatic rings. The van der Waals surface area contributed by atoms with Crippen molar-refractivity contribution in [3.8, 4) is 0 Å². The standard InChI is InChI=1S/C14H28N2/c1-12(2)6-4-5-7-14-8-9-16(11-14)10-13(3)15/h12,14H,3-11,15H2,1-2H3. The highest BCUT2D eigenvalue weighted by molar-refractivity contribution is 4.92. The molecule has 1 rings (SSSR count). The molecule has 94 valence electrons. The summed E-state index contributed by atoms with van der Waals surface area (Å²) in [6.45, 7) is 11.7. The lowest BCUT2D eigenvalue weighted by atomic mass is 9.98. The maximum Gasteiger partial charge on any atom is 0.0373 e. The maximum absolute atomic E-state index is 5.64. The molecule has 2 heteroatoms. The van der Waals surface area contributed by atoms with Crippen molar-refractivity contribution in [3.63, 3.8) is 0 Å². The quantitative estimate of drug-likeness (QED) is 0.674. The van der Waals surface area contributed by atoms with Crippen molar-refractivity contribution in [2.75, 3.05) is 19.6 Å². The third-order valence-corrected chi connectivity index (χ3v) is 3.44. The highest BCUT2D eigenvalue weighted by atomic mass is 15.1. The molecule has 1 aliphatic rings. The Balaban J connectivity index is 2.05. The molecule has 0 aromatic heterocycles. The second-order valence-electron chi connectivity index (χ2n) is 5.73. The zero-order chi connectivity index (χ0) is 12.0. The van der Waals surface area contributed by atoms with Crippen LogP contribution in [0.5, 0.6) is 0 Å². The van der Waals surface area contributed by atoms with E-state index in [1.807, 2.05) is 0 Å². The number of likely N-dealkylation sites (tertiary alicyclic amines) is 1. The third-order valence-electron chi connectivity index (χ3n) is 3.44. The molecule has 2 nitrogen and oxygen atoms in total. The third kappa shape index (κ3) is 5.55. The van der Waals surface area contributed by atoms with Gasteiger partial charge in [-0.05, 0) is 31.2 Å². The van der Waals surface area contributed by atoms with Crippen molar-refractivity contribution in [2.45, 2.75) is 46.0 Å². The lowest BCUT2D eigenvalue weighted by molar-refractivity contribution is 0.342. The molecule has 0 radical (unpaired) electrons. The molecule has 0 aromatic carbocycles. The normalized spacial score (nSPS) is 21.8. The van der Waals surface area contributed by atoms with Crippen LogP contribution in [0.15, 0.2) is 12.3 Å². The van der Waals surface area contributed by atoms with Gasteiger partial charge < -0.3 is 5.73 Å². The molecule has 2 N–H and O–H groups in total. The van der Waals surface area contributed by atoms with Crippen LogP contribution >= 0.6 is 0 Å². The van der Waals surface area contributed by atoms with E-state index >= 15 is 0 Å². The van der Waals surface area contributed by atoms with Gasteiger partial charge in [-0.25, -0.2) is 0 Å². The average molecular weight is 224 g/mol. The smallest absolute Gasteiger partial charge is 0.0373 e. The first-order chi connectivity index (χ1) is 7.58. The maximum atomic E-state index is 5.64. The van der Waals surface area contributed by atoms with Crippen molar-refractivity contribution in [2.24, 2.45) is 17.6 Å². The molecule has 1 fully saturated rings. The van der Waals surface area contributed by atoms with Crippen LogP contribution in [0.4, 0.5) is 0 Å². The molecule has 1 heterocycles. The minimum Gasteiger partial charge on any atom is -0.401 e. The van der Waals surface area contributed by atoms with Crippen LogP contribution in [0, 0.1) is 11.8 Å². The summed E-state index contributed by atoms with van der Waals surface area (Å²) in [5.41, 5.74) is 6.44. The Kier molecular flexibility index (Phi) is 5.89. The predicted molar refractivity (Wildman–Crippen MR) is 71.2 cm³/mol. The van der Waals surface area contributed by atoms with Gasteiger partial charge in [0.1, 0.15) is 0 Å². The molecule has 0 bridgehead atoms. The molecule has 0 spiro atoms. The lowest BCUT2D eigenvalue weighted by Crippen LogP contribution is -2.25. The van der Waals surface area contributed by atoms with Gasteiger partial charge in [0.2, 0.25) is 0 Å². The second-order valence-corrected chi connectivity index (χ2v) is 5.73. The van der Waals surface area contributed by atoms with Gasteiger partial charge in [0.05, 0.1) is 0 Å². The molecule has 1 unspecified atom stereocenters. The molecule has 0 saturated carbocycles. The summed E-state index contributed by atoms with van der Waals surface area (Å²) in [7, 11) is 0. The van der Waals surface area contributed by atoms with E-state index in [0.717, 1.165) is 24.1 Å². The summed E-state index contributed by atoms with van der Waals surface area (Å²) in [4.78, 5) is 2.44. The number of rotatable bonds is 7. The Labute approximate surface area is 101 Å². The van der Waals surface area contributed by atoms with Crippen LogP contribution in [0.25, 0.3) is 0 Å². The highest BCUT2D eigenvalue weighted by Crippen LogP contribution is 2.22. The highest BCUT2D eigenvalue weighted by Gasteiger charge is 2.21. The summed E-state index contributed by atoms with van der Waals surface area (Å²) < 4.78 is 0. The van der Waals surface area contributed by atoms with Crippen molar-refractivity contribution in [1.29, 1.82) is 0 Å². The van der Waals surface area contributed by atoms with E-state index in [1.54, 1.807) is 0 Å².